The second-order valence-corrected chi connectivity index (χ2v) is 7.69. The van der Waals surface area contributed by atoms with Crippen molar-refractivity contribution in [1.82, 2.24) is 9.29 Å². The van der Waals surface area contributed by atoms with Gasteiger partial charge in [0.05, 0.1) is 25.1 Å². The van der Waals surface area contributed by atoms with Crippen LogP contribution in [0.3, 0.4) is 0 Å². The minimum atomic E-state index is -3.28. The lowest BCUT2D eigenvalue weighted by Crippen LogP contribution is -2.31. The summed E-state index contributed by atoms with van der Waals surface area (Å²) in [6.07, 6.45) is 4.52. The van der Waals surface area contributed by atoms with Crippen LogP contribution in [0.2, 0.25) is 0 Å². The van der Waals surface area contributed by atoms with Crippen LogP contribution in [0.1, 0.15) is 16.8 Å². The molecule has 0 spiro atoms. The molecule has 0 saturated heterocycles. The summed E-state index contributed by atoms with van der Waals surface area (Å²) in [5.74, 6) is 0.946. The zero-order chi connectivity index (χ0) is 16.3. The quantitative estimate of drug-likeness (QED) is 0.812. The Morgan fingerprint density at radius 1 is 1.26 bits per heavy atom. The topological polar surface area (TPSA) is 59.5 Å². The SMILES string of the molecule is CS(=O)(=O)N(CCc1ccc2c(c1)CCO2)Cc1ccccn1. The van der Waals surface area contributed by atoms with Crippen molar-refractivity contribution in [2.75, 3.05) is 19.4 Å². The summed E-state index contributed by atoms with van der Waals surface area (Å²) in [5, 5.41) is 0. The third-order valence-electron chi connectivity index (χ3n) is 3.94. The molecule has 122 valence electrons. The van der Waals surface area contributed by atoms with E-state index in [2.05, 4.69) is 11.1 Å². The lowest BCUT2D eigenvalue weighted by molar-refractivity contribution is 0.356. The second-order valence-electron chi connectivity index (χ2n) is 5.71. The lowest BCUT2D eigenvalue weighted by atomic mass is 10.1. The molecule has 1 aliphatic heterocycles. The smallest absolute Gasteiger partial charge is 0.211 e. The Hall–Kier alpha value is -1.92. The molecular weight excluding hydrogens is 312 g/mol. The van der Waals surface area contributed by atoms with Crippen LogP contribution in [0.15, 0.2) is 42.6 Å². The van der Waals surface area contributed by atoms with Crippen molar-refractivity contribution in [3.8, 4) is 5.75 Å². The standard InChI is InChI=1S/C17H20N2O3S/c1-23(20,21)19(13-16-4-2-3-9-18-16)10-7-14-5-6-17-15(12-14)8-11-22-17/h2-6,9,12H,7-8,10-11,13H2,1H3. The second kappa shape index (κ2) is 6.68. The predicted molar refractivity (Wildman–Crippen MR) is 88.8 cm³/mol. The number of ether oxygens (including phenoxy) is 1. The molecule has 0 saturated carbocycles. The number of sulfonamides is 1. The summed E-state index contributed by atoms with van der Waals surface area (Å²) < 4.78 is 31.0. The van der Waals surface area contributed by atoms with Gasteiger partial charge in [0.15, 0.2) is 0 Å². The van der Waals surface area contributed by atoms with Crippen molar-refractivity contribution in [3.63, 3.8) is 0 Å². The fourth-order valence-corrected chi connectivity index (χ4v) is 3.47. The van der Waals surface area contributed by atoms with Gasteiger partial charge in [0, 0.05) is 19.2 Å². The Labute approximate surface area is 137 Å². The zero-order valence-corrected chi connectivity index (χ0v) is 13.9. The average molecular weight is 332 g/mol. The molecular formula is C17H20N2O3S. The minimum absolute atomic E-state index is 0.299. The first-order valence-corrected chi connectivity index (χ1v) is 9.47. The molecule has 23 heavy (non-hydrogen) atoms. The van der Waals surface area contributed by atoms with Crippen molar-refractivity contribution in [3.05, 3.63) is 59.4 Å². The predicted octanol–water partition coefficient (Wildman–Crippen LogP) is 2.02. The van der Waals surface area contributed by atoms with Crippen LogP contribution < -0.4 is 4.74 Å². The summed E-state index contributed by atoms with van der Waals surface area (Å²) in [7, 11) is -3.28. The molecule has 5 nitrogen and oxygen atoms in total. The number of pyridine rings is 1. The molecule has 1 aliphatic rings. The monoisotopic (exact) mass is 332 g/mol. The first-order valence-electron chi connectivity index (χ1n) is 7.62. The van der Waals surface area contributed by atoms with Gasteiger partial charge in [-0.15, -0.1) is 0 Å². The van der Waals surface area contributed by atoms with Gasteiger partial charge in [0.1, 0.15) is 5.75 Å². The van der Waals surface area contributed by atoms with Crippen molar-refractivity contribution >= 4 is 10.0 Å². The Morgan fingerprint density at radius 2 is 2.13 bits per heavy atom. The number of hydrogen-bond acceptors (Lipinski definition) is 4. The van der Waals surface area contributed by atoms with Crippen LogP contribution in [-0.4, -0.2) is 37.1 Å². The normalized spacial score (nSPS) is 13.8. The Bertz CT molecular complexity index is 776. The third kappa shape index (κ3) is 4.09. The largest absolute Gasteiger partial charge is 0.493 e. The van der Waals surface area contributed by atoms with Crippen LogP contribution in [0, 0.1) is 0 Å². The molecule has 0 N–H and O–H groups in total. The lowest BCUT2D eigenvalue weighted by Gasteiger charge is -2.19. The molecule has 0 bridgehead atoms. The summed E-state index contributed by atoms with van der Waals surface area (Å²) in [4.78, 5) is 4.21. The first-order chi connectivity index (χ1) is 11.0. The van der Waals surface area contributed by atoms with Crippen LogP contribution in [0.4, 0.5) is 0 Å². The molecule has 0 radical (unpaired) electrons. The summed E-state index contributed by atoms with van der Waals surface area (Å²) in [5.41, 5.74) is 3.09. The van der Waals surface area contributed by atoms with Crippen LogP contribution >= 0.6 is 0 Å². The Kier molecular flexibility index (Phi) is 4.63. The number of aromatic nitrogens is 1. The molecule has 0 aliphatic carbocycles. The van der Waals surface area contributed by atoms with Gasteiger partial charge < -0.3 is 4.74 Å². The van der Waals surface area contributed by atoms with Crippen molar-refractivity contribution < 1.29 is 13.2 Å². The fraction of sp³-hybridized carbons (Fsp3) is 0.353. The van der Waals surface area contributed by atoms with Gasteiger partial charge in [0.2, 0.25) is 10.0 Å². The zero-order valence-electron chi connectivity index (χ0n) is 13.1. The van der Waals surface area contributed by atoms with Gasteiger partial charge in [-0.3, -0.25) is 4.98 Å². The number of nitrogens with zero attached hydrogens (tertiary/aromatic N) is 2. The van der Waals surface area contributed by atoms with Crippen LogP contribution in [0.25, 0.3) is 0 Å². The molecule has 1 aromatic heterocycles. The average Bonchev–Trinajstić information content (AvgIpc) is 2.99. The number of benzene rings is 1. The van der Waals surface area contributed by atoms with E-state index in [1.165, 1.54) is 16.1 Å². The maximum atomic E-state index is 12.0. The molecule has 3 rings (SSSR count). The Morgan fingerprint density at radius 3 is 2.87 bits per heavy atom. The van der Waals surface area contributed by atoms with Gasteiger partial charge >= 0.3 is 0 Å². The van der Waals surface area contributed by atoms with Gasteiger partial charge in [-0.1, -0.05) is 18.2 Å². The molecule has 1 aromatic carbocycles. The van der Waals surface area contributed by atoms with E-state index in [-0.39, 0.29) is 0 Å². The van der Waals surface area contributed by atoms with E-state index in [9.17, 15) is 8.42 Å². The summed E-state index contributed by atoms with van der Waals surface area (Å²) in [6.45, 7) is 1.47. The minimum Gasteiger partial charge on any atom is -0.493 e. The highest BCUT2D eigenvalue weighted by molar-refractivity contribution is 7.88. The molecule has 0 atom stereocenters. The van der Waals surface area contributed by atoms with E-state index in [0.717, 1.165) is 30.0 Å². The molecule has 0 unspecified atom stereocenters. The van der Waals surface area contributed by atoms with E-state index in [4.69, 9.17) is 4.74 Å². The van der Waals surface area contributed by atoms with Crippen LogP contribution in [-0.2, 0) is 29.4 Å². The summed E-state index contributed by atoms with van der Waals surface area (Å²) in [6, 6.07) is 11.6. The highest BCUT2D eigenvalue weighted by atomic mass is 32.2. The van der Waals surface area contributed by atoms with Gasteiger partial charge in [-0.05, 0) is 35.7 Å². The first kappa shape index (κ1) is 16.0. The number of hydrogen-bond donors (Lipinski definition) is 0. The Balaban J connectivity index is 1.69. The van der Waals surface area contributed by atoms with Gasteiger partial charge in [-0.25, -0.2) is 8.42 Å². The molecule has 2 aromatic rings. The number of fused-ring (bicyclic) bond motifs is 1. The van der Waals surface area contributed by atoms with E-state index >= 15 is 0 Å². The maximum absolute atomic E-state index is 12.0. The summed E-state index contributed by atoms with van der Waals surface area (Å²) >= 11 is 0. The van der Waals surface area contributed by atoms with Crippen LogP contribution in [0.5, 0.6) is 5.75 Å². The van der Waals surface area contributed by atoms with Crippen molar-refractivity contribution in [2.24, 2.45) is 0 Å². The molecule has 0 amide bonds. The molecule has 2 heterocycles. The van der Waals surface area contributed by atoms with E-state index < -0.39 is 10.0 Å². The van der Waals surface area contributed by atoms with Gasteiger partial charge in [0.25, 0.3) is 0 Å². The van der Waals surface area contributed by atoms with E-state index in [1.807, 2.05) is 30.3 Å². The molecule has 6 heteroatoms. The highest BCUT2D eigenvalue weighted by Gasteiger charge is 2.18. The van der Waals surface area contributed by atoms with Gasteiger partial charge in [-0.2, -0.15) is 4.31 Å². The number of rotatable bonds is 6. The van der Waals surface area contributed by atoms with Crippen molar-refractivity contribution in [2.45, 2.75) is 19.4 Å². The van der Waals surface area contributed by atoms with Crippen molar-refractivity contribution in [1.29, 1.82) is 0 Å². The van der Waals surface area contributed by atoms with E-state index in [0.29, 0.717) is 19.5 Å². The third-order valence-corrected chi connectivity index (χ3v) is 5.19. The van der Waals surface area contributed by atoms with E-state index in [1.54, 1.807) is 6.20 Å². The molecule has 0 fully saturated rings. The fourth-order valence-electron chi connectivity index (χ4n) is 2.68. The highest BCUT2D eigenvalue weighted by Crippen LogP contribution is 2.26. The maximum Gasteiger partial charge on any atom is 0.211 e.